The Bertz CT molecular complexity index is 576. The van der Waals surface area contributed by atoms with E-state index in [0.29, 0.717) is 19.1 Å². The smallest absolute Gasteiger partial charge is 0.191 e. The van der Waals surface area contributed by atoms with E-state index < -0.39 is 9.84 Å². The summed E-state index contributed by atoms with van der Waals surface area (Å²) in [5.74, 6) is 0.743. The molecule has 1 aromatic heterocycles. The molecule has 23 heavy (non-hydrogen) atoms. The summed E-state index contributed by atoms with van der Waals surface area (Å²) in [6, 6.07) is 0. The molecule has 0 amide bonds. The van der Waals surface area contributed by atoms with Crippen molar-refractivity contribution in [2.45, 2.75) is 13.3 Å². The number of nitrogens with zero attached hydrogens (tertiary/aromatic N) is 2. The van der Waals surface area contributed by atoms with Crippen LogP contribution in [0.3, 0.4) is 0 Å². The quantitative estimate of drug-likeness (QED) is 0.238. The van der Waals surface area contributed by atoms with Gasteiger partial charge in [-0.2, -0.15) is 0 Å². The average Bonchev–Trinajstić information content (AvgIpc) is 2.85. The van der Waals surface area contributed by atoms with Gasteiger partial charge in [-0.3, -0.25) is 4.99 Å². The van der Waals surface area contributed by atoms with Gasteiger partial charge in [-0.1, -0.05) is 0 Å². The van der Waals surface area contributed by atoms with E-state index >= 15 is 0 Å². The van der Waals surface area contributed by atoms with E-state index in [4.69, 9.17) is 4.74 Å². The summed E-state index contributed by atoms with van der Waals surface area (Å²) < 4.78 is 27.1. The molecule has 0 saturated carbocycles. The first-order valence-electron chi connectivity index (χ1n) is 7.02. The lowest BCUT2D eigenvalue weighted by atomic mass is 10.4. The fourth-order valence-electron chi connectivity index (χ4n) is 1.58. The average molecular weight is 476 g/mol. The second kappa shape index (κ2) is 12.0. The molecule has 0 aromatic carbocycles. The van der Waals surface area contributed by atoms with Crippen LogP contribution < -0.4 is 10.6 Å². The van der Waals surface area contributed by atoms with Crippen molar-refractivity contribution in [1.82, 2.24) is 15.6 Å². The van der Waals surface area contributed by atoms with E-state index in [1.807, 2.05) is 13.1 Å². The third-order valence-corrected chi connectivity index (χ3v) is 4.54. The summed E-state index contributed by atoms with van der Waals surface area (Å²) in [6.07, 6.45) is 3.93. The molecule has 0 saturated heterocycles. The molecule has 0 aliphatic heterocycles. The van der Waals surface area contributed by atoms with Gasteiger partial charge in [0, 0.05) is 43.9 Å². The second-order valence-electron chi connectivity index (χ2n) is 4.78. The molecule has 0 unspecified atom stereocenters. The van der Waals surface area contributed by atoms with Crippen molar-refractivity contribution in [1.29, 1.82) is 0 Å². The Morgan fingerprint density at radius 1 is 1.35 bits per heavy atom. The molecule has 2 N–H and O–H groups in total. The molecule has 0 fully saturated rings. The molecule has 0 spiro atoms. The van der Waals surface area contributed by atoms with Crippen LogP contribution in [-0.4, -0.2) is 64.7 Å². The van der Waals surface area contributed by atoms with Gasteiger partial charge < -0.3 is 15.4 Å². The summed E-state index contributed by atoms with van der Waals surface area (Å²) in [4.78, 5) is 9.62. The van der Waals surface area contributed by atoms with Crippen molar-refractivity contribution in [3.63, 3.8) is 0 Å². The topological polar surface area (TPSA) is 92.7 Å². The molecule has 0 radical (unpaired) electrons. The maximum atomic E-state index is 10.9. The first-order chi connectivity index (χ1) is 10.4. The van der Waals surface area contributed by atoms with Crippen LogP contribution >= 0.6 is 35.3 Å². The van der Waals surface area contributed by atoms with Gasteiger partial charge in [0.05, 0.1) is 24.0 Å². The molecular weight excluding hydrogens is 451 g/mol. The lowest BCUT2D eigenvalue weighted by Crippen LogP contribution is -2.39. The van der Waals surface area contributed by atoms with Gasteiger partial charge in [0.25, 0.3) is 0 Å². The minimum atomic E-state index is -2.96. The number of ether oxygens (including phenoxy) is 1. The monoisotopic (exact) mass is 476 g/mol. The van der Waals surface area contributed by atoms with Crippen molar-refractivity contribution < 1.29 is 13.2 Å². The summed E-state index contributed by atoms with van der Waals surface area (Å²) in [5, 5.41) is 7.40. The number of aryl methyl sites for hydroxylation is 1. The van der Waals surface area contributed by atoms with Crippen LogP contribution in [0.1, 0.15) is 9.88 Å². The fourth-order valence-corrected chi connectivity index (χ4v) is 2.79. The van der Waals surface area contributed by atoms with Gasteiger partial charge in [0.1, 0.15) is 9.84 Å². The Hall–Kier alpha value is -0.460. The van der Waals surface area contributed by atoms with Crippen molar-refractivity contribution in [2.75, 3.05) is 45.4 Å². The highest BCUT2D eigenvalue weighted by atomic mass is 127. The third-order valence-electron chi connectivity index (χ3n) is 2.66. The second-order valence-corrected chi connectivity index (χ2v) is 8.36. The Labute approximate surface area is 159 Å². The van der Waals surface area contributed by atoms with Crippen LogP contribution in [0, 0.1) is 6.92 Å². The number of rotatable bonds is 9. The summed E-state index contributed by atoms with van der Waals surface area (Å²) in [7, 11) is -1.25. The van der Waals surface area contributed by atoms with Gasteiger partial charge in [-0.25, -0.2) is 13.4 Å². The number of hydrogen-bond donors (Lipinski definition) is 2. The molecule has 134 valence electrons. The third kappa shape index (κ3) is 11.7. The minimum Gasteiger partial charge on any atom is -0.379 e. The van der Waals surface area contributed by atoms with E-state index in [2.05, 4.69) is 20.6 Å². The number of aromatic nitrogens is 1. The predicted molar refractivity (Wildman–Crippen MR) is 106 cm³/mol. The highest BCUT2D eigenvalue weighted by molar-refractivity contribution is 14.0. The van der Waals surface area contributed by atoms with Crippen LogP contribution in [0.2, 0.25) is 0 Å². The highest BCUT2D eigenvalue weighted by Gasteiger charge is 2.02. The number of thiazole rings is 1. The van der Waals surface area contributed by atoms with E-state index in [1.54, 1.807) is 18.4 Å². The SMILES string of the molecule is CN=C(NCCOCCS(C)(=O)=O)NCCc1ncc(C)s1.I. The summed E-state index contributed by atoms with van der Waals surface area (Å²) in [6.45, 7) is 4.01. The van der Waals surface area contributed by atoms with Gasteiger partial charge in [0.2, 0.25) is 0 Å². The molecule has 0 atom stereocenters. The highest BCUT2D eigenvalue weighted by Crippen LogP contribution is 2.10. The van der Waals surface area contributed by atoms with Gasteiger partial charge in [0.15, 0.2) is 5.96 Å². The van der Waals surface area contributed by atoms with Gasteiger partial charge >= 0.3 is 0 Å². The molecule has 0 aliphatic carbocycles. The standard InChI is InChI=1S/C13H24N4O3S2.HI/c1-11-10-17-12(21-11)4-5-15-13(14-2)16-6-7-20-8-9-22(3,18)19;/h10H,4-9H2,1-3H3,(H2,14,15,16);1H. The van der Waals surface area contributed by atoms with Gasteiger partial charge in [-0.15, -0.1) is 35.3 Å². The van der Waals surface area contributed by atoms with Crippen LogP contribution in [0.4, 0.5) is 0 Å². The van der Waals surface area contributed by atoms with Crippen LogP contribution in [-0.2, 0) is 21.0 Å². The number of halogens is 1. The first-order valence-corrected chi connectivity index (χ1v) is 9.89. The first kappa shape index (κ1) is 22.5. The number of aliphatic imine (C=N–C) groups is 1. The normalized spacial score (nSPS) is 11.9. The molecule has 0 bridgehead atoms. The lowest BCUT2D eigenvalue weighted by molar-refractivity contribution is 0.154. The molecule has 1 heterocycles. The maximum absolute atomic E-state index is 10.9. The van der Waals surface area contributed by atoms with Gasteiger partial charge in [-0.05, 0) is 6.92 Å². The molecule has 1 aromatic rings. The van der Waals surface area contributed by atoms with Crippen molar-refractivity contribution in [3.05, 3.63) is 16.1 Å². The zero-order valence-corrected chi connectivity index (χ0v) is 17.6. The van der Waals surface area contributed by atoms with Crippen LogP contribution in [0.25, 0.3) is 0 Å². The molecule has 0 aliphatic rings. The van der Waals surface area contributed by atoms with E-state index in [-0.39, 0.29) is 36.3 Å². The minimum absolute atomic E-state index is 0. The zero-order valence-electron chi connectivity index (χ0n) is 13.7. The number of guanidine groups is 1. The number of hydrogen-bond acceptors (Lipinski definition) is 6. The van der Waals surface area contributed by atoms with E-state index in [0.717, 1.165) is 18.0 Å². The summed E-state index contributed by atoms with van der Waals surface area (Å²) >= 11 is 1.70. The number of sulfone groups is 1. The van der Waals surface area contributed by atoms with Crippen LogP contribution in [0.15, 0.2) is 11.2 Å². The zero-order chi connectivity index (χ0) is 16.4. The molecule has 7 nitrogen and oxygen atoms in total. The summed E-state index contributed by atoms with van der Waals surface area (Å²) in [5.41, 5.74) is 0. The molecule has 10 heteroatoms. The van der Waals surface area contributed by atoms with Crippen LogP contribution in [0.5, 0.6) is 0 Å². The predicted octanol–water partition coefficient (Wildman–Crippen LogP) is 0.838. The van der Waals surface area contributed by atoms with E-state index in [1.165, 1.54) is 11.1 Å². The maximum Gasteiger partial charge on any atom is 0.191 e. The fraction of sp³-hybridized carbons (Fsp3) is 0.692. The Morgan fingerprint density at radius 2 is 2.04 bits per heavy atom. The van der Waals surface area contributed by atoms with Crippen molar-refractivity contribution in [2.24, 2.45) is 4.99 Å². The lowest BCUT2D eigenvalue weighted by Gasteiger charge is -2.11. The molecular formula is C13H25IN4O3S2. The largest absolute Gasteiger partial charge is 0.379 e. The van der Waals surface area contributed by atoms with E-state index in [9.17, 15) is 8.42 Å². The number of nitrogens with one attached hydrogen (secondary N) is 2. The van der Waals surface area contributed by atoms with Crippen molar-refractivity contribution >= 4 is 51.1 Å². The Balaban J connectivity index is 0.00000484. The Morgan fingerprint density at radius 3 is 2.61 bits per heavy atom. The van der Waals surface area contributed by atoms with Crippen molar-refractivity contribution in [3.8, 4) is 0 Å². The Kier molecular flexibility index (Phi) is 11.7. The molecule has 1 rings (SSSR count).